The molecule has 140 valence electrons. The molecule has 0 radical (unpaired) electrons. The van der Waals surface area contributed by atoms with E-state index in [9.17, 15) is 9.59 Å². The van der Waals surface area contributed by atoms with Crippen molar-refractivity contribution in [2.24, 2.45) is 0 Å². The maximum atomic E-state index is 12.7. The van der Waals surface area contributed by atoms with Crippen molar-refractivity contribution in [3.8, 4) is 0 Å². The topological polar surface area (TPSA) is 65.7 Å². The molecule has 0 aliphatic carbocycles. The number of hydrogen-bond acceptors (Lipinski definition) is 5. The lowest BCUT2D eigenvalue weighted by atomic mass is 10.0. The summed E-state index contributed by atoms with van der Waals surface area (Å²) in [6, 6.07) is 12.7. The first-order valence-corrected chi connectivity index (χ1v) is 8.74. The lowest BCUT2D eigenvalue weighted by molar-refractivity contribution is 0.0286. The molecular formula is C22H22O5. The lowest BCUT2D eigenvalue weighted by Crippen LogP contribution is -2.24. The van der Waals surface area contributed by atoms with E-state index in [1.54, 1.807) is 32.2 Å². The molecule has 0 amide bonds. The van der Waals surface area contributed by atoms with E-state index in [4.69, 9.17) is 13.9 Å². The van der Waals surface area contributed by atoms with Crippen molar-refractivity contribution in [1.29, 1.82) is 0 Å². The van der Waals surface area contributed by atoms with E-state index in [0.717, 1.165) is 16.5 Å². The van der Waals surface area contributed by atoms with Crippen molar-refractivity contribution in [2.45, 2.75) is 33.5 Å². The van der Waals surface area contributed by atoms with Crippen LogP contribution in [-0.2, 0) is 16.1 Å². The molecule has 0 N–H and O–H groups in total. The van der Waals surface area contributed by atoms with E-state index in [1.807, 2.05) is 38.1 Å². The van der Waals surface area contributed by atoms with Gasteiger partial charge in [-0.15, -0.1) is 0 Å². The SMILES string of the molecule is COCc1c(C(=O)O[C@@H](C)C(=O)c2ccc(C)c(C)c2)oc2ccccc12. The summed E-state index contributed by atoms with van der Waals surface area (Å²) in [5, 5.41) is 0.791. The monoisotopic (exact) mass is 366 g/mol. The molecule has 0 aliphatic heterocycles. The standard InChI is InChI=1S/C22H22O5/c1-13-9-10-16(11-14(13)2)20(23)15(3)26-22(24)21-18(12-25-4)17-7-5-6-8-19(17)27-21/h5-11,15H,12H2,1-4H3/t15-/m0/s1. The normalized spacial score (nSPS) is 12.1. The van der Waals surface area contributed by atoms with Crippen LogP contribution < -0.4 is 0 Å². The van der Waals surface area contributed by atoms with Gasteiger partial charge < -0.3 is 13.9 Å². The number of ketones is 1. The number of carbonyl (C=O) groups excluding carboxylic acids is 2. The molecule has 27 heavy (non-hydrogen) atoms. The molecule has 0 bridgehead atoms. The second kappa shape index (κ2) is 7.76. The average Bonchev–Trinajstić information content (AvgIpc) is 3.02. The number of fused-ring (bicyclic) bond motifs is 1. The maximum absolute atomic E-state index is 12.7. The van der Waals surface area contributed by atoms with Crippen molar-refractivity contribution in [1.82, 2.24) is 0 Å². The number of para-hydroxylation sites is 1. The molecular weight excluding hydrogens is 344 g/mol. The Morgan fingerprint density at radius 1 is 1.07 bits per heavy atom. The van der Waals surface area contributed by atoms with Crippen LogP contribution in [0.1, 0.15) is 44.5 Å². The van der Waals surface area contributed by atoms with Crippen LogP contribution in [0, 0.1) is 13.8 Å². The minimum absolute atomic E-state index is 0.0674. The number of hydrogen-bond donors (Lipinski definition) is 0. The zero-order valence-corrected chi connectivity index (χ0v) is 15.9. The third-order valence-electron chi connectivity index (χ3n) is 4.62. The van der Waals surface area contributed by atoms with Gasteiger partial charge in [-0.2, -0.15) is 0 Å². The molecule has 2 aromatic carbocycles. The Kier molecular flexibility index (Phi) is 5.42. The highest BCUT2D eigenvalue weighted by Crippen LogP contribution is 2.27. The van der Waals surface area contributed by atoms with E-state index >= 15 is 0 Å². The number of ether oxygens (including phenoxy) is 2. The number of carbonyl (C=O) groups is 2. The first-order valence-electron chi connectivity index (χ1n) is 8.74. The number of aryl methyl sites for hydroxylation is 2. The molecule has 1 heterocycles. The zero-order chi connectivity index (χ0) is 19.6. The first kappa shape index (κ1) is 18.9. The van der Waals surface area contributed by atoms with Crippen LogP contribution in [0.2, 0.25) is 0 Å². The molecule has 5 heteroatoms. The second-order valence-electron chi connectivity index (χ2n) is 6.55. The molecule has 0 fully saturated rings. The van der Waals surface area contributed by atoms with Gasteiger partial charge >= 0.3 is 5.97 Å². The largest absolute Gasteiger partial charge is 0.449 e. The van der Waals surface area contributed by atoms with Gasteiger partial charge in [0.1, 0.15) is 5.58 Å². The predicted octanol–water partition coefficient (Wildman–Crippen LogP) is 4.62. The molecule has 0 unspecified atom stereocenters. The molecule has 1 atom stereocenters. The Labute approximate surface area is 157 Å². The van der Waals surface area contributed by atoms with Gasteiger partial charge in [0, 0.05) is 23.6 Å². The van der Waals surface area contributed by atoms with Crippen molar-refractivity contribution in [3.05, 3.63) is 70.5 Å². The fourth-order valence-corrected chi connectivity index (χ4v) is 2.95. The zero-order valence-electron chi connectivity index (χ0n) is 15.9. The van der Waals surface area contributed by atoms with Crippen LogP contribution in [0.4, 0.5) is 0 Å². The minimum atomic E-state index is -0.928. The quantitative estimate of drug-likeness (QED) is 0.470. The van der Waals surface area contributed by atoms with E-state index in [-0.39, 0.29) is 18.2 Å². The summed E-state index contributed by atoms with van der Waals surface area (Å²) in [7, 11) is 1.54. The summed E-state index contributed by atoms with van der Waals surface area (Å²) in [6.45, 7) is 5.69. The van der Waals surface area contributed by atoms with E-state index in [1.165, 1.54) is 0 Å². The summed E-state index contributed by atoms with van der Waals surface area (Å²) < 4.78 is 16.3. The van der Waals surface area contributed by atoms with Crippen LogP contribution in [-0.4, -0.2) is 25.0 Å². The first-order chi connectivity index (χ1) is 12.9. The lowest BCUT2D eigenvalue weighted by Gasteiger charge is -2.13. The van der Waals surface area contributed by atoms with Gasteiger partial charge in [-0.25, -0.2) is 4.79 Å². The summed E-state index contributed by atoms with van der Waals surface area (Å²) in [5.74, 6) is -0.864. The fraction of sp³-hybridized carbons (Fsp3) is 0.273. The number of esters is 1. The second-order valence-corrected chi connectivity index (χ2v) is 6.55. The van der Waals surface area contributed by atoms with Crippen molar-refractivity contribution in [3.63, 3.8) is 0 Å². The fourth-order valence-electron chi connectivity index (χ4n) is 2.95. The smallest absolute Gasteiger partial charge is 0.375 e. The number of furan rings is 1. The van der Waals surface area contributed by atoms with Crippen LogP contribution in [0.15, 0.2) is 46.9 Å². The number of Topliss-reactive ketones (excluding diaryl/α,β-unsaturated/α-hetero) is 1. The van der Waals surface area contributed by atoms with Gasteiger partial charge in [0.2, 0.25) is 11.5 Å². The predicted molar refractivity (Wildman–Crippen MR) is 102 cm³/mol. The van der Waals surface area contributed by atoms with Gasteiger partial charge in [-0.05, 0) is 44.0 Å². The minimum Gasteiger partial charge on any atom is -0.449 e. The maximum Gasteiger partial charge on any atom is 0.375 e. The van der Waals surface area contributed by atoms with Gasteiger partial charge in [0.15, 0.2) is 6.10 Å². The van der Waals surface area contributed by atoms with Gasteiger partial charge in [-0.3, -0.25) is 4.79 Å². The molecule has 0 saturated heterocycles. The third kappa shape index (κ3) is 3.78. The number of benzene rings is 2. The average molecular weight is 366 g/mol. The molecule has 3 aromatic rings. The molecule has 0 spiro atoms. The highest BCUT2D eigenvalue weighted by molar-refractivity contribution is 6.02. The summed E-state index contributed by atoms with van der Waals surface area (Å²) >= 11 is 0. The summed E-state index contributed by atoms with van der Waals surface area (Å²) in [4.78, 5) is 25.3. The summed E-state index contributed by atoms with van der Waals surface area (Å²) in [5.41, 5.74) is 3.82. The van der Waals surface area contributed by atoms with Crippen LogP contribution >= 0.6 is 0 Å². The van der Waals surface area contributed by atoms with Crippen LogP contribution in [0.5, 0.6) is 0 Å². The molecule has 0 aliphatic rings. The Hall–Kier alpha value is -2.92. The Morgan fingerprint density at radius 3 is 2.52 bits per heavy atom. The Bertz CT molecular complexity index is 999. The highest BCUT2D eigenvalue weighted by atomic mass is 16.6. The van der Waals surface area contributed by atoms with E-state index < -0.39 is 12.1 Å². The number of methoxy groups -OCH3 is 1. The van der Waals surface area contributed by atoms with E-state index in [2.05, 4.69) is 0 Å². The molecule has 0 saturated carbocycles. The molecule has 5 nitrogen and oxygen atoms in total. The Balaban J connectivity index is 1.84. The van der Waals surface area contributed by atoms with Crippen molar-refractivity contribution >= 4 is 22.7 Å². The Morgan fingerprint density at radius 2 is 1.81 bits per heavy atom. The summed E-state index contributed by atoms with van der Waals surface area (Å²) in [6.07, 6.45) is -0.928. The van der Waals surface area contributed by atoms with Crippen molar-refractivity contribution in [2.75, 3.05) is 7.11 Å². The van der Waals surface area contributed by atoms with Crippen LogP contribution in [0.3, 0.4) is 0 Å². The number of rotatable bonds is 6. The van der Waals surface area contributed by atoms with Gasteiger partial charge in [0.05, 0.1) is 6.61 Å². The van der Waals surface area contributed by atoms with Gasteiger partial charge in [0.25, 0.3) is 0 Å². The van der Waals surface area contributed by atoms with Crippen LogP contribution in [0.25, 0.3) is 11.0 Å². The van der Waals surface area contributed by atoms with Crippen molar-refractivity contribution < 1.29 is 23.5 Å². The van der Waals surface area contributed by atoms with Gasteiger partial charge in [-0.1, -0.05) is 30.3 Å². The highest BCUT2D eigenvalue weighted by Gasteiger charge is 2.26. The molecule has 3 rings (SSSR count). The molecule has 1 aromatic heterocycles. The van der Waals surface area contributed by atoms with E-state index in [0.29, 0.717) is 16.7 Å². The third-order valence-corrected chi connectivity index (χ3v) is 4.62.